The van der Waals surface area contributed by atoms with Crippen LogP contribution < -0.4 is 11.5 Å². The molecule has 0 aliphatic heterocycles. The Morgan fingerprint density at radius 3 is 1.00 bits per heavy atom. The van der Waals surface area contributed by atoms with Crippen molar-refractivity contribution in [1.82, 2.24) is 0 Å². The average molecular weight is 152 g/mol. The normalized spacial score (nSPS) is 7.40. The second-order valence-electron chi connectivity index (χ2n) is 1.22. The highest BCUT2D eigenvalue weighted by Gasteiger charge is 1.91. The molecule has 6 nitrogen and oxygen atoms in total. The maximum atomic E-state index is 7.56. The Kier molecular flexibility index (Phi) is 9.14. The number of rotatable bonds is 1. The van der Waals surface area contributed by atoms with E-state index in [-0.39, 0.29) is 0 Å². The highest BCUT2D eigenvalue weighted by molar-refractivity contribution is 4.73. The van der Waals surface area contributed by atoms with Crippen molar-refractivity contribution in [3.05, 3.63) is 11.9 Å². The topological polar surface area (TPSA) is 133 Å². The van der Waals surface area contributed by atoms with Gasteiger partial charge in [0.05, 0.1) is 0 Å². The van der Waals surface area contributed by atoms with Crippen LogP contribution >= 0.6 is 0 Å². The first-order valence-corrected chi connectivity index (χ1v) is 2.46. The van der Waals surface area contributed by atoms with Crippen LogP contribution in [-0.4, -0.2) is 33.5 Å². The molecular weight excluding hydrogens is 140 g/mol. The number of aliphatic hydroxyl groups excluding tert-OH is 2. The summed E-state index contributed by atoms with van der Waals surface area (Å²) in [7, 11) is 0. The highest BCUT2D eigenvalue weighted by Crippen LogP contribution is 1.82. The monoisotopic (exact) mass is 152 g/mol. The third kappa shape index (κ3) is 15.8. The fraction of sp³-hybridized carbons (Fsp3) is 0.500. The van der Waals surface area contributed by atoms with E-state index in [1.165, 1.54) is 0 Å². The molecule has 8 N–H and O–H groups in total. The predicted octanol–water partition coefficient (Wildman–Crippen LogP) is -0.751. The van der Waals surface area contributed by atoms with Crippen molar-refractivity contribution in [3.8, 4) is 0 Å². The Balaban J connectivity index is 0. The van der Waals surface area contributed by atoms with E-state index >= 15 is 0 Å². The maximum Gasteiger partial charge on any atom is 0.358 e. The largest absolute Gasteiger partial charge is 0.476 e. The molecule has 0 aromatic rings. The van der Waals surface area contributed by atoms with Crippen LogP contribution in [0.4, 0.5) is 0 Å². The van der Waals surface area contributed by atoms with Crippen LogP contribution in [0.5, 0.6) is 0 Å². The summed E-state index contributed by atoms with van der Waals surface area (Å²) in [5.74, 6) is -2.93. The Morgan fingerprint density at radius 1 is 0.800 bits per heavy atom. The molecule has 0 radical (unpaired) electrons. The zero-order valence-corrected chi connectivity index (χ0v) is 5.36. The van der Waals surface area contributed by atoms with Crippen LogP contribution in [0.15, 0.2) is 11.9 Å². The zero-order valence-electron chi connectivity index (χ0n) is 5.36. The minimum Gasteiger partial charge on any atom is -0.476 e. The van der Waals surface area contributed by atoms with Crippen molar-refractivity contribution in [3.63, 3.8) is 0 Å². The Labute approximate surface area is 58.0 Å². The summed E-state index contributed by atoms with van der Waals surface area (Å²) in [6.45, 7) is 1.19. The van der Waals surface area contributed by atoms with Crippen molar-refractivity contribution < 1.29 is 20.4 Å². The van der Waals surface area contributed by atoms with Gasteiger partial charge in [-0.25, -0.2) is 0 Å². The molecule has 62 valence electrons. The maximum absolute atomic E-state index is 7.56. The Bertz CT molecular complexity index is 83.4. The van der Waals surface area contributed by atoms with Gasteiger partial charge in [-0.05, 0) is 0 Å². The van der Waals surface area contributed by atoms with E-state index in [0.717, 1.165) is 0 Å². The molecule has 0 aromatic carbocycles. The summed E-state index contributed by atoms with van der Waals surface area (Å²) in [5.41, 5.74) is 9.81. The van der Waals surface area contributed by atoms with E-state index < -0.39 is 11.9 Å². The molecule has 0 saturated heterocycles. The summed E-state index contributed by atoms with van der Waals surface area (Å²) >= 11 is 0. The van der Waals surface area contributed by atoms with Gasteiger partial charge in [0.1, 0.15) is 0 Å². The van der Waals surface area contributed by atoms with Crippen LogP contribution in [0.3, 0.4) is 0 Å². The van der Waals surface area contributed by atoms with Gasteiger partial charge in [0.2, 0.25) is 0 Å². The standard InChI is InChI=1S/C2H8N2.C2H4O4/c3-1-2-4;3-1(4)2(5)6/h1-4H2;3-6H. The van der Waals surface area contributed by atoms with Gasteiger partial charge in [0, 0.05) is 13.1 Å². The number of aliphatic hydroxyl groups is 4. The predicted molar refractivity (Wildman–Crippen MR) is 35.6 cm³/mol. The summed E-state index contributed by atoms with van der Waals surface area (Å²) in [6.07, 6.45) is 0. The summed E-state index contributed by atoms with van der Waals surface area (Å²) < 4.78 is 0. The van der Waals surface area contributed by atoms with E-state index in [1.54, 1.807) is 0 Å². The van der Waals surface area contributed by atoms with Gasteiger partial charge in [-0.15, -0.1) is 0 Å². The SMILES string of the molecule is NCCN.OC(O)=C(O)O. The molecule has 0 aliphatic rings. The summed E-state index contributed by atoms with van der Waals surface area (Å²) in [5, 5.41) is 30.3. The lowest BCUT2D eigenvalue weighted by molar-refractivity contribution is 0.0883. The molecule has 0 rings (SSSR count). The smallest absolute Gasteiger partial charge is 0.358 e. The highest BCUT2D eigenvalue weighted by atomic mass is 16.5. The zero-order chi connectivity index (χ0) is 8.57. The van der Waals surface area contributed by atoms with E-state index in [4.69, 9.17) is 31.9 Å². The molecule has 6 heteroatoms. The first-order chi connectivity index (χ1) is 4.56. The van der Waals surface area contributed by atoms with E-state index in [9.17, 15) is 0 Å². The molecule has 10 heavy (non-hydrogen) atoms. The third-order valence-electron chi connectivity index (χ3n) is 0.367. The molecule has 0 aliphatic carbocycles. The molecule has 0 unspecified atom stereocenters. The second kappa shape index (κ2) is 7.86. The number of nitrogens with two attached hydrogens (primary N) is 2. The minimum absolute atomic E-state index is 0.597. The lowest BCUT2D eigenvalue weighted by Gasteiger charge is -1.83. The number of hydrogen-bond donors (Lipinski definition) is 6. The van der Waals surface area contributed by atoms with Gasteiger partial charge in [-0.3, -0.25) is 0 Å². The van der Waals surface area contributed by atoms with Gasteiger partial charge >= 0.3 is 11.9 Å². The lowest BCUT2D eigenvalue weighted by atomic mass is 10.7. The van der Waals surface area contributed by atoms with Crippen molar-refractivity contribution in [2.75, 3.05) is 13.1 Å². The molecule has 0 atom stereocenters. The van der Waals surface area contributed by atoms with Crippen LogP contribution in [0.1, 0.15) is 0 Å². The summed E-state index contributed by atoms with van der Waals surface area (Å²) in [4.78, 5) is 0. The van der Waals surface area contributed by atoms with Gasteiger partial charge < -0.3 is 31.9 Å². The van der Waals surface area contributed by atoms with Crippen LogP contribution in [-0.2, 0) is 0 Å². The van der Waals surface area contributed by atoms with Crippen LogP contribution in [0.2, 0.25) is 0 Å². The van der Waals surface area contributed by atoms with Gasteiger partial charge in [-0.1, -0.05) is 0 Å². The molecule has 0 aromatic heterocycles. The third-order valence-corrected chi connectivity index (χ3v) is 0.367. The van der Waals surface area contributed by atoms with Crippen molar-refractivity contribution in [2.24, 2.45) is 11.5 Å². The molecule has 0 saturated carbocycles. The second-order valence-corrected chi connectivity index (χ2v) is 1.22. The van der Waals surface area contributed by atoms with E-state index in [2.05, 4.69) is 0 Å². The first kappa shape index (κ1) is 11.6. The van der Waals surface area contributed by atoms with Crippen LogP contribution in [0.25, 0.3) is 0 Å². The van der Waals surface area contributed by atoms with Gasteiger partial charge in [-0.2, -0.15) is 0 Å². The average Bonchev–Trinajstić information content (AvgIpc) is 1.89. The molecule has 0 heterocycles. The van der Waals surface area contributed by atoms with E-state index in [0.29, 0.717) is 13.1 Å². The first-order valence-electron chi connectivity index (χ1n) is 2.46. The fourth-order valence-electron chi connectivity index (χ4n) is 0. The quantitative estimate of drug-likeness (QED) is 0.274. The van der Waals surface area contributed by atoms with Crippen molar-refractivity contribution in [1.29, 1.82) is 0 Å². The Morgan fingerprint density at radius 2 is 1.00 bits per heavy atom. The van der Waals surface area contributed by atoms with E-state index in [1.807, 2.05) is 0 Å². The van der Waals surface area contributed by atoms with Crippen molar-refractivity contribution in [2.45, 2.75) is 0 Å². The van der Waals surface area contributed by atoms with Crippen molar-refractivity contribution >= 4 is 0 Å². The Hall–Kier alpha value is -1.14. The molecule has 0 bridgehead atoms. The fourth-order valence-corrected chi connectivity index (χ4v) is 0. The minimum atomic E-state index is -1.46. The van der Waals surface area contributed by atoms with Gasteiger partial charge in [0.25, 0.3) is 0 Å². The molecule has 0 spiro atoms. The molecule has 0 fully saturated rings. The summed E-state index contributed by atoms with van der Waals surface area (Å²) in [6, 6.07) is 0. The lowest BCUT2D eigenvalue weighted by Crippen LogP contribution is -2.11. The van der Waals surface area contributed by atoms with Gasteiger partial charge in [0.15, 0.2) is 0 Å². The molecular formula is C4H12N2O4. The van der Waals surface area contributed by atoms with Crippen LogP contribution in [0, 0.1) is 0 Å². The number of hydrogen-bond acceptors (Lipinski definition) is 6. The molecule has 0 amide bonds.